The third-order valence-corrected chi connectivity index (χ3v) is 8.80. The van der Waals surface area contributed by atoms with E-state index in [9.17, 15) is 4.79 Å². The number of carbonyl (C=O) groups excluding carboxylic acids is 1. The number of aromatic nitrogens is 3. The van der Waals surface area contributed by atoms with E-state index in [2.05, 4.69) is 88.2 Å². The molecular weight excluding hydrogens is 470 g/mol. The van der Waals surface area contributed by atoms with Crippen molar-refractivity contribution in [2.45, 2.75) is 89.0 Å². The topological polar surface area (TPSA) is 104 Å². The van der Waals surface area contributed by atoms with Gasteiger partial charge in [0.15, 0.2) is 11.5 Å². The van der Waals surface area contributed by atoms with Gasteiger partial charge in [-0.2, -0.15) is 5.26 Å². The molecule has 2 aromatic rings. The summed E-state index contributed by atoms with van der Waals surface area (Å²) in [6.45, 7) is 13.3. The molecule has 1 fully saturated rings. The highest BCUT2D eigenvalue weighted by Gasteiger charge is 2.46. The predicted molar refractivity (Wildman–Crippen MR) is 163 cm³/mol. The molecule has 2 aliphatic rings. The summed E-state index contributed by atoms with van der Waals surface area (Å²) in [5, 5.41) is 12.0. The molecule has 0 aromatic carbocycles. The Morgan fingerprint density at radius 2 is 1.76 bits per heavy atom. The molecule has 1 unspecified atom stereocenters. The van der Waals surface area contributed by atoms with E-state index in [1.165, 1.54) is 17.2 Å². The molecule has 1 aliphatic heterocycles. The first kappa shape index (κ1) is 28.3. The molecule has 1 atom stereocenters. The summed E-state index contributed by atoms with van der Waals surface area (Å²) < 4.78 is 6.36. The van der Waals surface area contributed by atoms with E-state index >= 15 is 0 Å². The molecule has 0 spiro atoms. The van der Waals surface area contributed by atoms with E-state index in [1.54, 1.807) is 0 Å². The molecule has 7 nitrogen and oxygen atoms in total. The molecule has 11 heteroatoms. The number of rotatable bonds is 4. The van der Waals surface area contributed by atoms with Crippen LogP contribution in [0.4, 0.5) is 5.69 Å². The van der Waals surface area contributed by atoms with Crippen molar-refractivity contribution in [2.24, 2.45) is 5.41 Å². The molecule has 2 N–H and O–H groups in total. The monoisotopic (exact) mass is 509 g/mol. The Labute approximate surface area is 230 Å². The van der Waals surface area contributed by atoms with Crippen molar-refractivity contribution in [3.63, 3.8) is 0 Å². The lowest BCUT2D eigenvalue weighted by Crippen LogP contribution is -2.44. The average molecular weight is 509 g/mol. The van der Waals surface area contributed by atoms with Crippen molar-refractivity contribution in [3.05, 3.63) is 46.7 Å². The summed E-state index contributed by atoms with van der Waals surface area (Å²) in [5.74, 6) is 0.345. The lowest BCUT2D eigenvalue weighted by molar-refractivity contribution is -0.162. The Balaban J connectivity index is 1.84. The normalized spacial score (nSPS) is 24.0. The number of H-pyrrole nitrogens is 1. The molecule has 0 saturated carbocycles. The minimum atomic E-state index is -0.393. The summed E-state index contributed by atoms with van der Waals surface area (Å²) in [7, 11) is 9.12. The van der Waals surface area contributed by atoms with Crippen LogP contribution in [-0.4, -0.2) is 63.4 Å². The van der Waals surface area contributed by atoms with Gasteiger partial charge in [0.2, 0.25) is 0 Å². The van der Waals surface area contributed by atoms with Crippen LogP contribution in [0.25, 0.3) is 5.57 Å². The highest BCUT2D eigenvalue weighted by atomic mass is 16.5. The van der Waals surface area contributed by atoms with Gasteiger partial charge in [-0.1, -0.05) is 24.9 Å². The van der Waals surface area contributed by atoms with E-state index in [1.807, 2.05) is 18.2 Å². The summed E-state index contributed by atoms with van der Waals surface area (Å²) in [6, 6.07) is 5.99. The fourth-order valence-electron chi connectivity index (χ4n) is 7.14. The van der Waals surface area contributed by atoms with Crippen LogP contribution < -0.4 is 5.32 Å². The second-order valence-electron chi connectivity index (χ2n) is 13.8. The molecule has 3 heterocycles. The highest BCUT2D eigenvalue weighted by Crippen LogP contribution is 2.60. The number of amides is 1. The first-order valence-corrected chi connectivity index (χ1v) is 13.6. The van der Waals surface area contributed by atoms with Crippen molar-refractivity contribution < 1.29 is 9.53 Å². The first-order valence-electron chi connectivity index (χ1n) is 13.6. The predicted octanol–water partition coefficient (Wildman–Crippen LogP) is 1.96. The van der Waals surface area contributed by atoms with E-state index in [0.29, 0.717) is 11.5 Å². The number of hydrogen-bond acceptors (Lipinski definition) is 5. The number of allylic oxidation sites excluding steroid dienone is 2. The maximum absolute atomic E-state index is 13.2. The van der Waals surface area contributed by atoms with Crippen LogP contribution in [0.1, 0.15) is 94.4 Å². The summed E-state index contributed by atoms with van der Waals surface area (Å²) >= 11 is 0. The molecule has 196 valence electrons. The molecule has 0 bridgehead atoms. The van der Waals surface area contributed by atoms with Gasteiger partial charge in [-0.15, -0.1) is 5.47 Å². The Bertz CT molecular complexity index is 1320. The van der Waals surface area contributed by atoms with Gasteiger partial charge in [0.25, 0.3) is 5.91 Å². The van der Waals surface area contributed by atoms with Crippen LogP contribution in [-0.2, 0) is 4.74 Å². The lowest BCUT2D eigenvalue weighted by Gasteiger charge is -2.50. The fourth-order valence-corrected chi connectivity index (χ4v) is 7.14. The lowest BCUT2D eigenvalue weighted by atomic mass is 9.32. The quantitative estimate of drug-likeness (QED) is 0.615. The third-order valence-electron chi connectivity index (χ3n) is 8.80. The summed E-state index contributed by atoms with van der Waals surface area (Å²) in [5.41, 5.74) is 4.84. The number of imidazole rings is 1. The Morgan fingerprint density at radius 1 is 1.13 bits per heavy atom. The largest absolute Gasteiger partial charge is 0.370 e. The molecule has 1 aliphatic carbocycles. The van der Waals surface area contributed by atoms with E-state index in [-0.39, 0.29) is 39.3 Å². The van der Waals surface area contributed by atoms with Gasteiger partial charge in [0.05, 0.1) is 22.6 Å². The molecule has 2 aromatic heterocycles. The average Bonchev–Trinajstić information content (AvgIpc) is 3.26. The number of nitriles is 1. The third kappa shape index (κ3) is 5.38. The number of nitrogens with one attached hydrogen (secondary N) is 2. The summed E-state index contributed by atoms with van der Waals surface area (Å²) in [6.07, 6.45) is 4.16. The summed E-state index contributed by atoms with van der Waals surface area (Å²) in [4.78, 5) is 25.4. The van der Waals surface area contributed by atoms with Crippen LogP contribution in [0, 0.1) is 16.7 Å². The number of hydrogen-bond donors (Lipinski definition) is 2. The minimum Gasteiger partial charge on any atom is -0.370 e. The highest BCUT2D eigenvalue weighted by molar-refractivity contribution is 6.52. The van der Waals surface area contributed by atoms with Gasteiger partial charge >= 0.3 is 0 Å². The van der Waals surface area contributed by atoms with Gasteiger partial charge in [-0.05, 0) is 70.1 Å². The Morgan fingerprint density at radius 3 is 2.34 bits per heavy atom. The Hall–Kier alpha value is -2.72. The zero-order valence-corrected chi connectivity index (χ0v) is 24.7. The van der Waals surface area contributed by atoms with Crippen molar-refractivity contribution in [1.29, 1.82) is 5.26 Å². The fraction of sp³-hybridized carbons (Fsp3) is 0.556. The number of aromatic amines is 1. The van der Waals surface area contributed by atoms with Crippen LogP contribution >= 0.6 is 0 Å². The van der Waals surface area contributed by atoms with E-state index < -0.39 is 5.91 Å². The minimum absolute atomic E-state index is 0.104. The number of nitrogens with zero attached hydrogens (tertiary/aromatic N) is 3. The maximum Gasteiger partial charge on any atom is 0.291 e. The molecule has 38 heavy (non-hydrogen) atoms. The van der Waals surface area contributed by atoms with Crippen molar-refractivity contribution in [2.75, 3.05) is 5.32 Å². The van der Waals surface area contributed by atoms with Gasteiger partial charge in [0.1, 0.15) is 37.5 Å². The number of anilines is 1. The van der Waals surface area contributed by atoms with Crippen molar-refractivity contribution >= 4 is 48.6 Å². The van der Waals surface area contributed by atoms with Gasteiger partial charge in [0, 0.05) is 17.8 Å². The van der Waals surface area contributed by atoms with Gasteiger partial charge in [-0.25, -0.2) is 4.98 Å². The SMILES string of the molecule is BC1=C(c2nc(C3CC(C)(C)OC(C)(C)C3)ccc2NC(=O)c2nc(C#N)c[nH]2)C(B)(B)C(B)C(C)(C)C1. The zero-order chi connectivity index (χ0) is 28.3. The van der Waals surface area contributed by atoms with Crippen molar-refractivity contribution in [1.82, 2.24) is 15.0 Å². The van der Waals surface area contributed by atoms with Crippen LogP contribution in [0.3, 0.4) is 0 Å². The molecular formula is C27H39B4N5O2. The number of pyridine rings is 1. The van der Waals surface area contributed by atoms with E-state index in [4.69, 9.17) is 15.0 Å². The van der Waals surface area contributed by atoms with Crippen molar-refractivity contribution in [3.8, 4) is 6.07 Å². The molecule has 0 radical (unpaired) electrons. The second-order valence-corrected chi connectivity index (χ2v) is 13.8. The number of carbonyl (C=O) groups is 1. The Kier molecular flexibility index (Phi) is 7.06. The van der Waals surface area contributed by atoms with Gasteiger partial charge in [-0.3, -0.25) is 9.78 Å². The molecule has 4 rings (SSSR count). The van der Waals surface area contributed by atoms with Crippen LogP contribution in [0.5, 0.6) is 0 Å². The number of ether oxygens (including phenoxy) is 1. The second kappa shape index (κ2) is 9.48. The molecule has 1 saturated heterocycles. The maximum atomic E-state index is 13.2. The first-order chi connectivity index (χ1) is 17.5. The van der Waals surface area contributed by atoms with Crippen LogP contribution in [0.15, 0.2) is 23.8 Å². The van der Waals surface area contributed by atoms with E-state index in [0.717, 1.165) is 30.7 Å². The zero-order valence-electron chi connectivity index (χ0n) is 24.7. The standard InChI is InChI=1S/C27H39B4N5O2/c1-24(2)11-16(28)19(27(30,31)23(24)29)20-18(36-22(37)21-33-13-15(12-32)34-21)8-7-17(35-20)14-9-25(3,4)38-26(5,6)10-14/h7-8,13-14,23H,9-11,28-31H2,1-6H3,(H,33,34)(H,36,37). The smallest absolute Gasteiger partial charge is 0.291 e. The van der Waals surface area contributed by atoms with Gasteiger partial charge < -0.3 is 15.0 Å². The molecule has 1 amide bonds. The van der Waals surface area contributed by atoms with Crippen LogP contribution in [0.2, 0.25) is 11.0 Å².